The van der Waals surface area contributed by atoms with E-state index in [9.17, 15) is 9.18 Å². The van der Waals surface area contributed by atoms with Crippen LogP contribution in [-0.2, 0) is 6.42 Å². The van der Waals surface area contributed by atoms with Crippen LogP contribution in [0.15, 0.2) is 60.7 Å². The van der Waals surface area contributed by atoms with Crippen molar-refractivity contribution in [2.75, 3.05) is 43.5 Å². The number of likely N-dealkylation sites (N-methyl/N-ethyl adjacent to an activating group) is 1. The van der Waals surface area contributed by atoms with Crippen LogP contribution in [0, 0.1) is 11.6 Å². The first-order valence-electron chi connectivity index (χ1n) is 11.3. The average Bonchev–Trinajstić information content (AvgIpc) is 3.30. The van der Waals surface area contributed by atoms with Crippen molar-refractivity contribution in [2.45, 2.75) is 18.9 Å². The molecule has 5 rings (SSSR count). The maximum absolute atomic E-state index is 15.1. The number of benzene rings is 3. The van der Waals surface area contributed by atoms with Crippen LogP contribution >= 0.6 is 0 Å². The topological polar surface area (TPSA) is 26.8 Å². The van der Waals surface area contributed by atoms with Gasteiger partial charge in [0.15, 0.2) is 0 Å². The fourth-order valence-corrected chi connectivity index (χ4v) is 4.86. The highest BCUT2D eigenvalue weighted by Crippen LogP contribution is 2.32. The Kier molecular flexibility index (Phi) is 5.62. The summed E-state index contributed by atoms with van der Waals surface area (Å²) in [5.41, 5.74) is 4.62. The predicted molar refractivity (Wildman–Crippen MR) is 128 cm³/mol. The molecule has 4 nitrogen and oxygen atoms in total. The summed E-state index contributed by atoms with van der Waals surface area (Å²) >= 11 is 0. The lowest BCUT2D eigenvalue weighted by Crippen LogP contribution is -2.37. The highest BCUT2D eigenvalue weighted by atomic mass is 19.1. The molecule has 0 aliphatic carbocycles. The lowest BCUT2D eigenvalue weighted by molar-refractivity contribution is 0.0980. The van der Waals surface area contributed by atoms with Gasteiger partial charge in [0.2, 0.25) is 0 Å². The number of halogens is 2. The molecule has 0 N–H and O–H groups in total. The van der Waals surface area contributed by atoms with Gasteiger partial charge in [0.1, 0.15) is 11.6 Å². The molecule has 1 atom stereocenters. The van der Waals surface area contributed by atoms with E-state index >= 15 is 4.39 Å². The molecule has 33 heavy (non-hydrogen) atoms. The molecule has 0 spiro atoms. The number of hydrogen-bond acceptors (Lipinski definition) is 3. The van der Waals surface area contributed by atoms with Crippen molar-refractivity contribution in [1.82, 2.24) is 4.90 Å². The van der Waals surface area contributed by atoms with E-state index in [1.54, 1.807) is 23.1 Å². The van der Waals surface area contributed by atoms with Crippen LogP contribution in [0.25, 0.3) is 11.1 Å². The second kappa shape index (κ2) is 8.60. The van der Waals surface area contributed by atoms with E-state index in [1.807, 2.05) is 24.3 Å². The first kappa shape index (κ1) is 21.6. The zero-order valence-corrected chi connectivity index (χ0v) is 18.9. The van der Waals surface area contributed by atoms with Crippen LogP contribution in [0.4, 0.5) is 20.2 Å². The number of anilines is 2. The third kappa shape index (κ3) is 4.11. The molecule has 170 valence electrons. The van der Waals surface area contributed by atoms with Gasteiger partial charge in [-0.1, -0.05) is 24.3 Å². The molecule has 6 heteroatoms. The number of hydrogen-bond donors (Lipinski definition) is 0. The molecule has 0 aromatic heterocycles. The smallest absolute Gasteiger partial charge is 0.258 e. The second-order valence-corrected chi connectivity index (χ2v) is 9.07. The van der Waals surface area contributed by atoms with Gasteiger partial charge >= 0.3 is 0 Å². The van der Waals surface area contributed by atoms with E-state index in [0.717, 1.165) is 36.2 Å². The monoisotopic (exact) mass is 447 g/mol. The van der Waals surface area contributed by atoms with E-state index < -0.39 is 0 Å². The average molecular weight is 448 g/mol. The molecule has 0 saturated carbocycles. The summed E-state index contributed by atoms with van der Waals surface area (Å²) in [4.78, 5) is 19.1. The first-order valence-corrected chi connectivity index (χ1v) is 11.3. The summed E-state index contributed by atoms with van der Waals surface area (Å²) in [6.07, 6.45) is 1.69. The molecule has 1 fully saturated rings. The van der Waals surface area contributed by atoms with Crippen LogP contribution in [0.2, 0.25) is 0 Å². The van der Waals surface area contributed by atoms with Gasteiger partial charge in [-0.05, 0) is 80.0 Å². The zero-order chi connectivity index (χ0) is 23.1. The van der Waals surface area contributed by atoms with Gasteiger partial charge in [-0.25, -0.2) is 8.78 Å². The van der Waals surface area contributed by atoms with Crippen molar-refractivity contribution >= 4 is 17.3 Å². The van der Waals surface area contributed by atoms with Gasteiger partial charge in [0.25, 0.3) is 5.91 Å². The normalized spacial score (nSPS) is 18.2. The minimum absolute atomic E-state index is 0.122. The molecule has 2 aliphatic rings. The van der Waals surface area contributed by atoms with Crippen molar-refractivity contribution in [1.29, 1.82) is 0 Å². The molecule has 3 aromatic carbocycles. The summed E-state index contributed by atoms with van der Waals surface area (Å²) in [5, 5.41) is 0. The Morgan fingerprint density at radius 2 is 1.67 bits per heavy atom. The second-order valence-electron chi connectivity index (χ2n) is 9.07. The van der Waals surface area contributed by atoms with Crippen LogP contribution in [0.1, 0.15) is 22.3 Å². The minimum Gasteiger partial charge on any atom is -0.368 e. The standard InChI is InChI=1S/C27H27F2N3O/c1-30(2)23-12-13-31(17-23)26-10-8-22(16-25(26)29)32-14-11-20-15-19(5-9-24(20)27(32)33)18-3-6-21(28)7-4-18/h3-10,15-16,23H,11-14,17H2,1-2H3/t23-/m1/s1. The van der Waals surface area contributed by atoms with Gasteiger partial charge < -0.3 is 14.7 Å². The van der Waals surface area contributed by atoms with Crippen LogP contribution < -0.4 is 9.80 Å². The lowest BCUT2D eigenvalue weighted by Gasteiger charge is -2.30. The van der Waals surface area contributed by atoms with Gasteiger partial charge in [-0.2, -0.15) is 0 Å². The van der Waals surface area contributed by atoms with Gasteiger partial charge in [-0.15, -0.1) is 0 Å². The van der Waals surface area contributed by atoms with Gasteiger partial charge in [0.05, 0.1) is 5.69 Å². The Bertz CT molecular complexity index is 1190. The fraction of sp³-hybridized carbons (Fsp3) is 0.296. The molecule has 1 saturated heterocycles. The van der Waals surface area contributed by atoms with Gasteiger partial charge in [-0.3, -0.25) is 4.79 Å². The van der Waals surface area contributed by atoms with E-state index in [1.165, 1.54) is 18.2 Å². The van der Waals surface area contributed by atoms with Crippen molar-refractivity contribution < 1.29 is 13.6 Å². The maximum Gasteiger partial charge on any atom is 0.258 e. The molecular weight excluding hydrogens is 420 g/mol. The van der Waals surface area contributed by atoms with E-state index in [2.05, 4.69) is 23.9 Å². The number of nitrogens with zero attached hydrogens (tertiary/aromatic N) is 3. The summed E-state index contributed by atoms with van der Waals surface area (Å²) in [5.74, 6) is -0.692. The first-order chi connectivity index (χ1) is 15.9. The number of fused-ring (bicyclic) bond motifs is 1. The Hall–Kier alpha value is -3.25. The Morgan fingerprint density at radius 1 is 0.909 bits per heavy atom. The highest BCUT2D eigenvalue weighted by molar-refractivity contribution is 6.08. The van der Waals surface area contributed by atoms with Crippen LogP contribution in [0.3, 0.4) is 0 Å². The molecule has 0 radical (unpaired) electrons. The van der Waals surface area contributed by atoms with E-state index in [4.69, 9.17) is 0 Å². The molecule has 2 heterocycles. The summed E-state index contributed by atoms with van der Waals surface area (Å²) < 4.78 is 28.3. The predicted octanol–water partition coefficient (Wildman–Crippen LogP) is 4.98. The molecule has 0 unspecified atom stereocenters. The van der Waals surface area contributed by atoms with Crippen LogP contribution in [0.5, 0.6) is 0 Å². The Balaban J connectivity index is 1.36. The molecule has 0 bridgehead atoms. The third-order valence-electron chi connectivity index (χ3n) is 6.84. The number of amides is 1. The van der Waals surface area contributed by atoms with Crippen molar-refractivity contribution in [2.24, 2.45) is 0 Å². The largest absolute Gasteiger partial charge is 0.368 e. The highest BCUT2D eigenvalue weighted by Gasteiger charge is 2.29. The summed E-state index contributed by atoms with van der Waals surface area (Å²) in [6, 6.07) is 17.6. The number of rotatable bonds is 4. The van der Waals surface area contributed by atoms with Gasteiger partial charge in [0, 0.05) is 36.9 Å². The zero-order valence-electron chi connectivity index (χ0n) is 18.9. The molecule has 1 amide bonds. The molecular formula is C27H27F2N3O. The third-order valence-corrected chi connectivity index (χ3v) is 6.84. The van der Waals surface area contributed by atoms with Crippen molar-refractivity contribution in [3.8, 4) is 11.1 Å². The SMILES string of the molecule is CN(C)[C@@H]1CCN(c2ccc(N3CCc4cc(-c5ccc(F)cc5)ccc4C3=O)cc2F)C1. The number of carbonyl (C=O) groups is 1. The van der Waals surface area contributed by atoms with E-state index in [-0.39, 0.29) is 17.5 Å². The fourth-order valence-electron chi connectivity index (χ4n) is 4.86. The lowest BCUT2D eigenvalue weighted by atomic mass is 9.93. The molecule has 2 aliphatic heterocycles. The Labute approximate surface area is 193 Å². The Morgan fingerprint density at radius 3 is 2.36 bits per heavy atom. The number of carbonyl (C=O) groups excluding carboxylic acids is 1. The van der Waals surface area contributed by atoms with E-state index in [0.29, 0.717) is 35.9 Å². The summed E-state index contributed by atoms with van der Waals surface area (Å²) in [6.45, 7) is 2.12. The minimum atomic E-state index is -0.294. The summed E-state index contributed by atoms with van der Waals surface area (Å²) in [7, 11) is 4.10. The molecule has 3 aromatic rings. The van der Waals surface area contributed by atoms with Crippen LogP contribution in [-0.4, -0.2) is 50.6 Å². The maximum atomic E-state index is 15.1. The van der Waals surface area contributed by atoms with Crippen molar-refractivity contribution in [3.05, 3.63) is 83.4 Å². The quantitative estimate of drug-likeness (QED) is 0.565. The van der Waals surface area contributed by atoms with Crippen molar-refractivity contribution in [3.63, 3.8) is 0 Å².